The zero-order valence-corrected chi connectivity index (χ0v) is 11.5. The summed E-state index contributed by atoms with van der Waals surface area (Å²) in [6.45, 7) is 3.64. The van der Waals surface area contributed by atoms with Gasteiger partial charge in [-0.25, -0.2) is 17.9 Å². The Kier molecular flexibility index (Phi) is 4.86. The Morgan fingerprint density at radius 3 is 2.56 bits per heavy atom. The molecular weight excluding hydrogens is 254 g/mol. The van der Waals surface area contributed by atoms with Gasteiger partial charge in [0.25, 0.3) is 0 Å². The molecule has 0 heterocycles. The molecule has 0 spiro atoms. The summed E-state index contributed by atoms with van der Waals surface area (Å²) >= 11 is 0. The molecule has 0 fully saturated rings. The third-order valence-electron chi connectivity index (χ3n) is 2.55. The van der Waals surface area contributed by atoms with E-state index in [0.717, 1.165) is 0 Å². The standard InChI is InChI=1S/C12H17NO4S/c1-4-9(2)13-18(15,16)11-8-6-5-7-10(11)12(14)17-3/h5-9,13H,4H2,1-3H3/t9-/m0/s1. The second kappa shape index (κ2) is 5.97. The molecule has 6 heteroatoms. The molecule has 0 aliphatic carbocycles. The summed E-state index contributed by atoms with van der Waals surface area (Å²) in [5.41, 5.74) is 0.0378. The Hall–Kier alpha value is -1.40. The van der Waals surface area contributed by atoms with Gasteiger partial charge in [0, 0.05) is 6.04 Å². The Balaban J connectivity index is 3.20. The molecule has 0 bridgehead atoms. The highest BCUT2D eigenvalue weighted by molar-refractivity contribution is 7.89. The Bertz CT molecular complexity index is 525. The van der Waals surface area contributed by atoms with Crippen molar-refractivity contribution < 1.29 is 17.9 Å². The number of rotatable bonds is 5. The Labute approximate surface area is 107 Å². The molecule has 0 aliphatic rings. The Morgan fingerprint density at radius 1 is 1.39 bits per heavy atom. The van der Waals surface area contributed by atoms with E-state index in [1.165, 1.54) is 19.2 Å². The van der Waals surface area contributed by atoms with Crippen LogP contribution in [0.2, 0.25) is 0 Å². The van der Waals surface area contributed by atoms with Crippen LogP contribution in [0, 0.1) is 0 Å². The van der Waals surface area contributed by atoms with Crippen LogP contribution in [0.15, 0.2) is 29.2 Å². The van der Waals surface area contributed by atoms with Gasteiger partial charge in [0.2, 0.25) is 10.0 Å². The number of nitrogens with one attached hydrogen (secondary N) is 1. The van der Waals surface area contributed by atoms with Gasteiger partial charge >= 0.3 is 5.97 Å². The first kappa shape index (κ1) is 14.7. The summed E-state index contributed by atoms with van der Waals surface area (Å²) in [5.74, 6) is -0.667. The van der Waals surface area contributed by atoms with Crippen LogP contribution in [-0.2, 0) is 14.8 Å². The fourth-order valence-corrected chi connectivity index (χ4v) is 2.91. The smallest absolute Gasteiger partial charge is 0.339 e. The molecule has 0 saturated heterocycles. The molecule has 5 nitrogen and oxygen atoms in total. The molecular formula is C12H17NO4S. The van der Waals surface area contributed by atoms with Crippen molar-refractivity contribution >= 4 is 16.0 Å². The zero-order chi connectivity index (χ0) is 13.8. The van der Waals surface area contributed by atoms with Gasteiger partial charge in [-0.15, -0.1) is 0 Å². The quantitative estimate of drug-likeness (QED) is 0.825. The normalized spacial score (nSPS) is 13.1. The summed E-state index contributed by atoms with van der Waals surface area (Å²) in [6.07, 6.45) is 0.666. The van der Waals surface area contributed by atoms with E-state index in [2.05, 4.69) is 9.46 Å². The zero-order valence-electron chi connectivity index (χ0n) is 10.6. The van der Waals surface area contributed by atoms with Crippen molar-refractivity contribution in [3.8, 4) is 0 Å². The van der Waals surface area contributed by atoms with Crippen molar-refractivity contribution in [2.24, 2.45) is 0 Å². The first-order chi connectivity index (χ1) is 8.42. The Morgan fingerprint density at radius 2 is 2.00 bits per heavy atom. The summed E-state index contributed by atoms with van der Waals surface area (Å²) in [5, 5.41) is 0. The van der Waals surface area contributed by atoms with Gasteiger partial charge in [0.1, 0.15) is 0 Å². The van der Waals surface area contributed by atoms with Gasteiger partial charge in [0.15, 0.2) is 0 Å². The first-order valence-corrected chi connectivity index (χ1v) is 7.10. The molecule has 0 aromatic heterocycles. The van der Waals surface area contributed by atoms with E-state index >= 15 is 0 Å². The van der Waals surface area contributed by atoms with Crippen LogP contribution in [0.25, 0.3) is 0 Å². The van der Waals surface area contributed by atoms with Crippen molar-refractivity contribution in [1.82, 2.24) is 4.72 Å². The largest absolute Gasteiger partial charge is 0.465 e. The number of hydrogen-bond donors (Lipinski definition) is 1. The molecule has 1 N–H and O–H groups in total. The maximum atomic E-state index is 12.1. The van der Waals surface area contributed by atoms with Gasteiger partial charge in [-0.2, -0.15) is 0 Å². The van der Waals surface area contributed by atoms with E-state index in [0.29, 0.717) is 6.42 Å². The fourth-order valence-electron chi connectivity index (χ4n) is 1.39. The molecule has 1 aromatic carbocycles. The van der Waals surface area contributed by atoms with Gasteiger partial charge in [-0.3, -0.25) is 0 Å². The molecule has 0 saturated carbocycles. The number of sulfonamides is 1. The van der Waals surface area contributed by atoms with Gasteiger partial charge in [0.05, 0.1) is 17.6 Å². The maximum absolute atomic E-state index is 12.1. The number of carbonyl (C=O) groups excluding carboxylic acids is 1. The van der Waals surface area contributed by atoms with Crippen LogP contribution >= 0.6 is 0 Å². The fraction of sp³-hybridized carbons (Fsp3) is 0.417. The first-order valence-electron chi connectivity index (χ1n) is 5.62. The third kappa shape index (κ3) is 3.30. The van der Waals surface area contributed by atoms with Crippen LogP contribution in [0.3, 0.4) is 0 Å². The van der Waals surface area contributed by atoms with Gasteiger partial charge in [-0.1, -0.05) is 19.1 Å². The molecule has 1 atom stereocenters. The lowest BCUT2D eigenvalue weighted by Crippen LogP contribution is -2.33. The lowest BCUT2D eigenvalue weighted by Gasteiger charge is -2.14. The van der Waals surface area contributed by atoms with Crippen molar-refractivity contribution in [2.75, 3.05) is 7.11 Å². The van der Waals surface area contributed by atoms with Crippen molar-refractivity contribution in [2.45, 2.75) is 31.2 Å². The highest BCUT2D eigenvalue weighted by Gasteiger charge is 2.23. The molecule has 0 amide bonds. The van der Waals surface area contributed by atoms with Crippen LogP contribution < -0.4 is 4.72 Å². The van der Waals surface area contributed by atoms with E-state index in [1.807, 2.05) is 6.92 Å². The summed E-state index contributed by atoms with van der Waals surface area (Å²) in [6, 6.07) is 5.78. The van der Waals surface area contributed by atoms with Gasteiger partial charge < -0.3 is 4.74 Å². The predicted octanol–water partition coefficient (Wildman–Crippen LogP) is 1.55. The highest BCUT2D eigenvalue weighted by Crippen LogP contribution is 2.16. The van der Waals surface area contributed by atoms with Crippen molar-refractivity contribution in [3.63, 3.8) is 0 Å². The minimum Gasteiger partial charge on any atom is -0.465 e. The monoisotopic (exact) mass is 271 g/mol. The number of benzene rings is 1. The van der Waals surface area contributed by atoms with Crippen LogP contribution in [-0.4, -0.2) is 27.5 Å². The second-order valence-corrected chi connectivity index (χ2v) is 5.60. The summed E-state index contributed by atoms with van der Waals surface area (Å²) < 4.78 is 31.3. The average molecular weight is 271 g/mol. The topological polar surface area (TPSA) is 72.5 Å². The number of methoxy groups -OCH3 is 1. The molecule has 1 rings (SSSR count). The number of esters is 1. The minimum absolute atomic E-state index is 0.0378. The molecule has 0 aliphatic heterocycles. The lowest BCUT2D eigenvalue weighted by molar-refractivity contribution is 0.0596. The molecule has 0 radical (unpaired) electrons. The molecule has 1 aromatic rings. The predicted molar refractivity (Wildman–Crippen MR) is 67.9 cm³/mol. The van der Waals surface area contributed by atoms with Crippen LogP contribution in [0.4, 0.5) is 0 Å². The number of carbonyl (C=O) groups is 1. The van der Waals surface area contributed by atoms with Crippen molar-refractivity contribution in [1.29, 1.82) is 0 Å². The second-order valence-electron chi connectivity index (χ2n) is 3.92. The number of hydrogen-bond acceptors (Lipinski definition) is 4. The van der Waals surface area contributed by atoms with Crippen LogP contribution in [0.1, 0.15) is 30.6 Å². The molecule has 0 unspecified atom stereocenters. The van der Waals surface area contributed by atoms with E-state index in [-0.39, 0.29) is 16.5 Å². The maximum Gasteiger partial charge on any atom is 0.339 e. The third-order valence-corrected chi connectivity index (χ3v) is 4.20. The number of ether oxygens (including phenoxy) is 1. The van der Waals surface area contributed by atoms with Crippen LogP contribution in [0.5, 0.6) is 0 Å². The SMILES string of the molecule is CC[C@H](C)NS(=O)(=O)c1ccccc1C(=O)OC. The molecule has 18 heavy (non-hydrogen) atoms. The highest BCUT2D eigenvalue weighted by atomic mass is 32.2. The van der Waals surface area contributed by atoms with Gasteiger partial charge in [-0.05, 0) is 25.5 Å². The summed E-state index contributed by atoms with van der Waals surface area (Å²) in [7, 11) is -2.49. The average Bonchev–Trinajstić information content (AvgIpc) is 2.37. The van der Waals surface area contributed by atoms with E-state index in [1.54, 1.807) is 19.1 Å². The summed E-state index contributed by atoms with van der Waals surface area (Å²) in [4.78, 5) is 11.5. The van der Waals surface area contributed by atoms with E-state index in [9.17, 15) is 13.2 Å². The minimum atomic E-state index is -3.71. The molecule has 100 valence electrons. The van der Waals surface area contributed by atoms with E-state index < -0.39 is 16.0 Å². The van der Waals surface area contributed by atoms with Crippen molar-refractivity contribution in [3.05, 3.63) is 29.8 Å². The lowest BCUT2D eigenvalue weighted by atomic mass is 10.2. The van der Waals surface area contributed by atoms with E-state index in [4.69, 9.17) is 0 Å².